The van der Waals surface area contributed by atoms with Crippen LogP contribution in [0, 0.1) is 5.92 Å². The standard InChI is InChI=1S/C12H18N2O3S/c1-17-11-2-4-12(5-3-11)18(15,16)14-7-6-10(8-13)9-14/h2-5,10H,6-9,13H2,1H3/t10-/m1/s1. The van der Waals surface area contributed by atoms with Gasteiger partial charge in [0.05, 0.1) is 12.0 Å². The number of ether oxygens (including phenoxy) is 1. The zero-order valence-electron chi connectivity index (χ0n) is 10.4. The normalized spacial score (nSPS) is 21.1. The zero-order valence-corrected chi connectivity index (χ0v) is 11.2. The van der Waals surface area contributed by atoms with Gasteiger partial charge in [0.1, 0.15) is 5.75 Å². The molecule has 1 saturated heterocycles. The van der Waals surface area contributed by atoms with Crippen molar-refractivity contribution in [2.45, 2.75) is 11.3 Å². The summed E-state index contributed by atoms with van der Waals surface area (Å²) in [5.41, 5.74) is 5.58. The predicted octanol–water partition coefficient (Wildman–Crippen LogP) is 0.664. The van der Waals surface area contributed by atoms with Gasteiger partial charge in [0.15, 0.2) is 0 Å². The van der Waals surface area contributed by atoms with Crippen molar-refractivity contribution < 1.29 is 13.2 Å². The molecule has 1 aromatic rings. The van der Waals surface area contributed by atoms with Gasteiger partial charge in [-0.3, -0.25) is 0 Å². The minimum absolute atomic E-state index is 0.276. The summed E-state index contributed by atoms with van der Waals surface area (Å²) >= 11 is 0. The second-order valence-electron chi connectivity index (χ2n) is 4.43. The molecule has 2 rings (SSSR count). The average Bonchev–Trinajstić information content (AvgIpc) is 2.88. The molecule has 1 aliphatic rings. The molecule has 0 unspecified atom stereocenters. The van der Waals surface area contributed by atoms with E-state index < -0.39 is 10.0 Å². The fourth-order valence-electron chi connectivity index (χ4n) is 2.10. The quantitative estimate of drug-likeness (QED) is 0.872. The van der Waals surface area contributed by atoms with Crippen molar-refractivity contribution in [1.29, 1.82) is 0 Å². The van der Waals surface area contributed by atoms with Gasteiger partial charge in [-0.25, -0.2) is 8.42 Å². The summed E-state index contributed by atoms with van der Waals surface area (Å²) in [4.78, 5) is 0.306. The van der Waals surface area contributed by atoms with Crippen LogP contribution in [0.4, 0.5) is 0 Å². The lowest BCUT2D eigenvalue weighted by Gasteiger charge is -2.16. The summed E-state index contributed by atoms with van der Waals surface area (Å²) in [6, 6.07) is 6.46. The first-order valence-electron chi connectivity index (χ1n) is 5.92. The van der Waals surface area contributed by atoms with E-state index in [-0.39, 0.29) is 5.92 Å². The van der Waals surface area contributed by atoms with Crippen LogP contribution in [0.15, 0.2) is 29.2 Å². The maximum Gasteiger partial charge on any atom is 0.243 e. The SMILES string of the molecule is COc1ccc(S(=O)(=O)N2CC[C@H](CN)C2)cc1. The molecule has 0 aromatic heterocycles. The minimum atomic E-state index is -3.38. The number of rotatable bonds is 4. The van der Waals surface area contributed by atoms with Gasteiger partial charge in [-0.2, -0.15) is 4.31 Å². The highest BCUT2D eigenvalue weighted by atomic mass is 32.2. The van der Waals surface area contributed by atoms with Crippen LogP contribution in [0.25, 0.3) is 0 Å². The van der Waals surface area contributed by atoms with E-state index in [0.29, 0.717) is 30.3 Å². The molecule has 0 radical (unpaired) electrons. The van der Waals surface area contributed by atoms with Crippen molar-refractivity contribution in [2.75, 3.05) is 26.7 Å². The van der Waals surface area contributed by atoms with E-state index in [2.05, 4.69) is 0 Å². The molecule has 1 heterocycles. The first-order chi connectivity index (χ1) is 8.57. The Hall–Kier alpha value is -1.11. The van der Waals surface area contributed by atoms with Crippen molar-refractivity contribution in [2.24, 2.45) is 11.7 Å². The van der Waals surface area contributed by atoms with Gasteiger partial charge >= 0.3 is 0 Å². The fourth-order valence-corrected chi connectivity index (χ4v) is 3.64. The highest BCUT2D eigenvalue weighted by Crippen LogP contribution is 2.24. The molecule has 6 heteroatoms. The summed E-state index contributed by atoms with van der Waals surface area (Å²) < 4.78 is 31.2. The summed E-state index contributed by atoms with van der Waals surface area (Å²) in [6.07, 6.45) is 0.839. The van der Waals surface area contributed by atoms with E-state index in [1.165, 1.54) is 4.31 Å². The van der Waals surface area contributed by atoms with Crippen LogP contribution in [0.3, 0.4) is 0 Å². The van der Waals surface area contributed by atoms with Gasteiger partial charge in [-0.1, -0.05) is 0 Å². The van der Waals surface area contributed by atoms with Gasteiger partial charge in [-0.15, -0.1) is 0 Å². The van der Waals surface area contributed by atoms with E-state index in [9.17, 15) is 8.42 Å². The molecule has 0 amide bonds. The molecule has 18 heavy (non-hydrogen) atoms. The predicted molar refractivity (Wildman–Crippen MR) is 68.9 cm³/mol. The molecule has 0 spiro atoms. The van der Waals surface area contributed by atoms with E-state index in [0.717, 1.165) is 6.42 Å². The Balaban J connectivity index is 2.20. The van der Waals surface area contributed by atoms with Crippen molar-refractivity contribution in [1.82, 2.24) is 4.31 Å². The van der Waals surface area contributed by atoms with Gasteiger partial charge in [0.2, 0.25) is 10.0 Å². The number of hydrogen-bond acceptors (Lipinski definition) is 4. The molecule has 1 aliphatic heterocycles. The van der Waals surface area contributed by atoms with Crippen LogP contribution in [0.1, 0.15) is 6.42 Å². The van der Waals surface area contributed by atoms with Crippen LogP contribution in [0.5, 0.6) is 5.75 Å². The number of hydrogen-bond donors (Lipinski definition) is 1. The lowest BCUT2D eigenvalue weighted by atomic mass is 10.1. The Morgan fingerprint density at radius 1 is 1.39 bits per heavy atom. The van der Waals surface area contributed by atoms with E-state index in [1.54, 1.807) is 31.4 Å². The number of sulfonamides is 1. The molecular weight excluding hydrogens is 252 g/mol. The van der Waals surface area contributed by atoms with E-state index in [1.807, 2.05) is 0 Å². The Bertz CT molecular complexity index is 499. The van der Waals surface area contributed by atoms with Gasteiger partial charge in [0, 0.05) is 13.1 Å². The summed E-state index contributed by atoms with van der Waals surface area (Å²) in [7, 11) is -1.83. The molecular formula is C12H18N2O3S. The Morgan fingerprint density at radius 3 is 2.56 bits per heavy atom. The molecule has 2 N–H and O–H groups in total. The largest absolute Gasteiger partial charge is 0.497 e. The minimum Gasteiger partial charge on any atom is -0.497 e. The topological polar surface area (TPSA) is 72.6 Å². The van der Waals surface area contributed by atoms with Crippen LogP contribution in [-0.4, -0.2) is 39.5 Å². The molecule has 100 valence electrons. The summed E-state index contributed by atoms with van der Waals surface area (Å²) in [5.74, 6) is 0.924. The summed E-state index contributed by atoms with van der Waals surface area (Å²) in [6.45, 7) is 1.61. The second kappa shape index (κ2) is 5.26. The highest BCUT2D eigenvalue weighted by molar-refractivity contribution is 7.89. The third-order valence-corrected chi connectivity index (χ3v) is 5.16. The monoisotopic (exact) mass is 270 g/mol. The number of methoxy groups -OCH3 is 1. The Morgan fingerprint density at radius 2 is 2.06 bits per heavy atom. The van der Waals surface area contributed by atoms with E-state index >= 15 is 0 Å². The lowest BCUT2D eigenvalue weighted by Crippen LogP contribution is -2.29. The second-order valence-corrected chi connectivity index (χ2v) is 6.37. The maximum absolute atomic E-state index is 12.3. The third kappa shape index (κ3) is 2.50. The first kappa shape index (κ1) is 13.3. The van der Waals surface area contributed by atoms with Crippen LogP contribution < -0.4 is 10.5 Å². The summed E-state index contributed by atoms with van der Waals surface area (Å²) in [5, 5.41) is 0. The van der Waals surface area contributed by atoms with Crippen LogP contribution in [0.2, 0.25) is 0 Å². The Labute approximate surface area is 108 Å². The third-order valence-electron chi connectivity index (χ3n) is 3.28. The smallest absolute Gasteiger partial charge is 0.243 e. The number of benzene rings is 1. The van der Waals surface area contributed by atoms with Crippen LogP contribution in [-0.2, 0) is 10.0 Å². The maximum atomic E-state index is 12.3. The molecule has 0 aliphatic carbocycles. The average molecular weight is 270 g/mol. The van der Waals surface area contributed by atoms with Gasteiger partial charge in [0.25, 0.3) is 0 Å². The van der Waals surface area contributed by atoms with Gasteiger partial charge in [-0.05, 0) is 43.1 Å². The Kier molecular flexibility index (Phi) is 3.89. The molecule has 1 fully saturated rings. The molecule has 1 aromatic carbocycles. The van der Waals surface area contributed by atoms with Crippen LogP contribution >= 0.6 is 0 Å². The number of nitrogens with zero attached hydrogens (tertiary/aromatic N) is 1. The lowest BCUT2D eigenvalue weighted by molar-refractivity contribution is 0.414. The van der Waals surface area contributed by atoms with Crippen molar-refractivity contribution in [3.8, 4) is 5.75 Å². The van der Waals surface area contributed by atoms with Gasteiger partial charge < -0.3 is 10.5 Å². The van der Waals surface area contributed by atoms with Crippen molar-refractivity contribution in [3.05, 3.63) is 24.3 Å². The fraction of sp³-hybridized carbons (Fsp3) is 0.500. The zero-order chi connectivity index (χ0) is 13.2. The first-order valence-corrected chi connectivity index (χ1v) is 7.36. The van der Waals surface area contributed by atoms with Crippen molar-refractivity contribution in [3.63, 3.8) is 0 Å². The highest BCUT2D eigenvalue weighted by Gasteiger charge is 2.31. The molecule has 1 atom stereocenters. The van der Waals surface area contributed by atoms with E-state index in [4.69, 9.17) is 10.5 Å². The number of nitrogens with two attached hydrogens (primary N) is 1. The molecule has 5 nitrogen and oxygen atoms in total. The molecule has 0 saturated carbocycles. The van der Waals surface area contributed by atoms with Crippen molar-refractivity contribution >= 4 is 10.0 Å². The molecule has 0 bridgehead atoms.